The molecule has 3 rings (SSSR count). The Morgan fingerprint density at radius 3 is 2.44 bits per heavy atom. The van der Waals surface area contributed by atoms with Crippen LogP contribution in [0.5, 0.6) is 17.2 Å². The summed E-state index contributed by atoms with van der Waals surface area (Å²) in [6.07, 6.45) is 3.83. The van der Waals surface area contributed by atoms with Crippen LogP contribution in [0, 0.1) is 11.3 Å². The van der Waals surface area contributed by atoms with Gasteiger partial charge >= 0.3 is 0 Å². The minimum Gasteiger partial charge on any atom is -0.497 e. The first-order valence-electron chi connectivity index (χ1n) is 11.3. The van der Waals surface area contributed by atoms with Crippen LogP contribution in [0.25, 0.3) is 6.08 Å². The fourth-order valence-corrected chi connectivity index (χ4v) is 3.69. The smallest absolute Gasteiger partial charge is 0.266 e. The second-order valence-corrected chi connectivity index (χ2v) is 8.62. The Bertz CT molecular complexity index is 1280. The molecule has 0 spiro atoms. The number of allylic oxidation sites excluding steroid dienone is 1. The maximum absolute atomic E-state index is 12.8. The van der Waals surface area contributed by atoms with Gasteiger partial charge in [-0.25, -0.2) is 0 Å². The van der Waals surface area contributed by atoms with Crippen molar-refractivity contribution in [3.8, 4) is 23.3 Å². The summed E-state index contributed by atoms with van der Waals surface area (Å²) in [6.45, 7) is 6.53. The predicted molar refractivity (Wildman–Crippen MR) is 145 cm³/mol. The number of carbonyl (C=O) groups is 1. The van der Waals surface area contributed by atoms with Crippen molar-refractivity contribution >= 4 is 33.6 Å². The van der Waals surface area contributed by atoms with Gasteiger partial charge in [0.15, 0.2) is 11.5 Å². The molecular weight excluding hydrogens is 520 g/mol. The third-order valence-corrected chi connectivity index (χ3v) is 5.67. The van der Waals surface area contributed by atoms with Crippen LogP contribution in [0.4, 0.5) is 5.69 Å². The number of amides is 1. The van der Waals surface area contributed by atoms with Gasteiger partial charge in [0.2, 0.25) is 0 Å². The molecule has 0 saturated carbocycles. The number of anilines is 1. The van der Waals surface area contributed by atoms with Gasteiger partial charge in [-0.1, -0.05) is 34.1 Å². The Kier molecular flexibility index (Phi) is 9.73. The molecule has 1 N–H and O–H groups in total. The van der Waals surface area contributed by atoms with Crippen LogP contribution in [-0.4, -0.2) is 19.6 Å². The van der Waals surface area contributed by atoms with Crippen LogP contribution >= 0.6 is 15.9 Å². The third kappa shape index (κ3) is 7.24. The van der Waals surface area contributed by atoms with Crippen LogP contribution in [0.3, 0.4) is 0 Å². The number of nitriles is 1. The van der Waals surface area contributed by atoms with Crippen molar-refractivity contribution in [3.05, 3.63) is 100 Å². The molecule has 0 heterocycles. The normalized spacial score (nSPS) is 10.8. The zero-order valence-corrected chi connectivity index (χ0v) is 21.8. The monoisotopic (exact) mass is 546 g/mol. The van der Waals surface area contributed by atoms with E-state index in [0.29, 0.717) is 48.1 Å². The van der Waals surface area contributed by atoms with Gasteiger partial charge in [0.05, 0.1) is 13.7 Å². The minimum absolute atomic E-state index is 0.0404. The molecule has 1 amide bonds. The van der Waals surface area contributed by atoms with Gasteiger partial charge < -0.3 is 19.5 Å². The first kappa shape index (κ1) is 26.6. The van der Waals surface area contributed by atoms with Crippen LogP contribution in [0.1, 0.15) is 23.6 Å². The number of methoxy groups -OCH3 is 1. The van der Waals surface area contributed by atoms with Crippen molar-refractivity contribution in [1.82, 2.24) is 0 Å². The van der Waals surface area contributed by atoms with E-state index in [1.165, 1.54) is 6.08 Å². The maximum atomic E-state index is 12.8. The lowest BCUT2D eigenvalue weighted by molar-refractivity contribution is -0.112. The van der Waals surface area contributed by atoms with Gasteiger partial charge in [-0.3, -0.25) is 4.79 Å². The highest BCUT2D eigenvalue weighted by atomic mass is 79.9. The predicted octanol–water partition coefficient (Wildman–Crippen LogP) is 6.71. The van der Waals surface area contributed by atoms with Gasteiger partial charge in [0.1, 0.15) is 24.0 Å². The van der Waals surface area contributed by atoms with E-state index in [-0.39, 0.29) is 5.57 Å². The summed E-state index contributed by atoms with van der Waals surface area (Å²) in [4.78, 5) is 12.8. The highest BCUT2D eigenvalue weighted by molar-refractivity contribution is 9.10. The van der Waals surface area contributed by atoms with Gasteiger partial charge in [0.25, 0.3) is 5.91 Å². The molecule has 3 aromatic carbocycles. The molecule has 0 aliphatic rings. The molecule has 0 atom stereocenters. The van der Waals surface area contributed by atoms with E-state index < -0.39 is 5.91 Å². The Morgan fingerprint density at radius 2 is 1.83 bits per heavy atom. The SMILES string of the molecule is C=CCc1cc(/C=C(/C#N)C(=O)Nc2ccc(OC)cc2)cc(OCC)c1OCc1ccc(Br)cc1. The van der Waals surface area contributed by atoms with E-state index in [0.717, 1.165) is 15.6 Å². The minimum atomic E-state index is -0.513. The van der Waals surface area contributed by atoms with Crippen molar-refractivity contribution < 1.29 is 19.0 Å². The zero-order valence-electron chi connectivity index (χ0n) is 20.2. The van der Waals surface area contributed by atoms with E-state index in [1.807, 2.05) is 43.3 Å². The molecule has 0 aliphatic heterocycles. The van der Waals surface area contributed by atoms with E-state index in [4.69, 9.17) is 14.2 Å². The second-order valence-electron chi connectivity index (χ2n) is 7.70. The van der Waals surface area contributed by atoms with E-state index in [1.54, 1.807) is 43.5 Å². The number of carbonyl (C=O) groups excluding carboxylic acids is 1. The van der Waals surface area contributed by atoms with Crippen LogP contribution < -0.4 is 19.5 Å². The average Bonchev–Trinajstić information content (AvgIpc) is 2.88. The van der Waals surface area contributed by atoms with Crippen molar-refractivity contribution in [2.75, 3.05) is 19.0 Å². The number of halogens is 1. The number of benzene rings is 3. The number of ether oxygens (including phenoxy) is 3. The summed E-state index contributed by atoms with van der Waals surface area (Å²) in [5.74, 6) is 1.30. The molecule has 0 bridgehead atoms. The van der Waals surface area contributed by atoms with Gasteiger partial charge in [-0.15, -0.1) is 6.58 Å². The van der Waals surface area contributed by atoms with Crippen LogP contribution in [-0.2, 0) is 17.8 Å². The van der Waals surface area contributed by atoms with Gasteiger partial charge in [0, 0.05) is 15.7 Å². The highest BCUT2D eigenvalue weighted by Gasteiger charge is 2.15. The molecule has 0 aliphatic carbocycles. The Morgan fingerprint density at radius 1 is 1.11 bits per heavy atom. The topological polar surface area (TPSA) is 80.6 Å². The molecule has 0 saturated heterocycles. The highest BCUT2D eigenvalue weighted by Crippen LogP contribution is 2.35. The largest absolute Gasteiger partial charge is 0.497 e. The summed E-state index contributed by atoms with van der Waals surface area (Å²) in [7, 11) is 1.57. The number of nitrogens with one attached hydrogen (secondary N) is 1. The number of hydrogen-bond donors (Lipinski definition) is 1. The van der Waals surface area contributed by atoms with Crippen molar-refractivity contribution in [3.63, 3.8) is 0 Å². The zero-order chi connectivity index (χ0) is 25.9. The average molecular weight is 547 g/mol. The molecule has 7 heteroatoms. The lowest BCUT2D eigenvalue weighted by atomic mass is 10.0. The van der Waals surface area contributed by atoms with Crippen molar-refractivity contribution in [2.24, 2.45) is 0 Å². The summed E-state index contributed by atoms with van der Waals surface area (Å²) < 4.78 is 18.2. The summed E-state index contributed by atoms with van der Waals surface area (Å²) >= 11 is 3.44. The summed E-state index contributed by atoms with van der Waals surface area (Å²) in [6, 6.07) is 20.4. The second kappa shape index (κ2) is 13.2. The molecule has 0 unspecified atom stereocenters. The quantitative estimate of drug-likeness (QED) is 0.164. The van der Waals surface area contributed by atoms with Gasteiger partial charge in [-0.2, -0.15) is 5.26 Å². The first-order valence-corrected chi connectivity index (χ1v) is 12.1. The molecule has 0 radical (unpaired) electrons. The summed E-state index contributed by atoms with van der Waals surface area (Å²) in [5, 5.41) is 12.4. The lowest BCUT2D eigenvalue weighted by Crippen LogP contribution is -2.13. The maximum Gasteiger partial charge on any atom is 0.266 e. The standard InChI is InChI=1S/C29H27BrN2O4/c1-4-6-22-15-21(16-23(18-31)29(33)32-25-11-13-26(34-3)14-12-25)17-27(35-5-2)28(22)36-19-20-7-9-24(30)10-8-20/h4,7-17H,1,5-6,19H2,2-3H3,(H,32,33)/b23-16-. The van der Waals surface area contributed by atoms with Crippen molar-refractivity contribution in [1.29, 1.82) is 5.26 Å². The van der Waals surface area contributed by atoms with Crippen LogP contribution in [0.15, 0.2) is 83.4 Å². The number of nitrogens with zero attached hydrogens (tertiary/aromatic N) is 1. The Hall–Kier alpha value is -4.02. The van der Waals surface area contributed by atoms with E-state index in [2.05, 4.69) is 27.8 Å². The van der Waals surface area contributed by atoms with Crippen molar-refractivity contribution in [2.45, 2.75) is 20.0 Å². The van der Waals surface area contributed by atoms with Crippen LogP contribution in [0.2, 0.25) is 0 Å². The third-order valence-electron chi connectivity index (χ3n) is 5.14. The first-order chi connectivity index (χ1) is 17.5. The van der Waals surface area contributed by atoms with E-state index in [9.17, 15) is 10.1 Å². The van der Waals surface area contributed by atoms with Gasteiger partial charge in [-0.05, 0) is 79.1 Å². The Balaban J connectivity index is 1.90. The molecule has 184 valence electrons. The molecule has 0 aromatic heterocycles. The fourth-order valence-electron chi connectivity index (χ4n) is 3.42. The number of hydrogen-bond acceptors (Lipinski definition) is 5. The molecule has 36 heavy (non-hydrogen) atoms. The number of rotatable bonds is 11. The molecule has 3 aromatic rings. The molecule has 0 fully saturated rings. The Labute approximate surface area is 219 Å². The lowest BCUT2D eigenvalue weighted by Gasteiger charge is -2.17. The van der Waals surface area contributed by atoms with E-state index >= 15 is 0 Å². The summed E-state index contributed by atoms with van der Waals surface area (Å²) in [5.41, 5.74) is 3.01. The molecular formula is C29H27BrN2O4. The molecule has 6 nitrogen and oxygen atoms in total. The fraction of sp³-hybridized carbons (Fsp3) is 0.172.